The molecular weight excluding hydrogens is 376 g/mol. The molecule has 8 nitrogen and oxygen atoms in total. The minimum Gasteiger partial charge on any atom is -0.444 e. The van der Waals surface area contributed by atoms with Crippen molar-refractivity contribution >= 4 is 38.7 Å². The highest BCUT2D eigenvalue weighted by atomic mass is 32.2. The quantitative estimate of drug-likeness (QED) is 0.596. The van der Waals surface area contributed by atoms with Crippen LogP contribution in [-0.2, 0) is 14.8 Å². The summed E-state index contributed by atoms with van der Waals surface area (Å²) < 4.78 is 29.6. The summed E-state index contributed by atoms with van der Waals surface area (Å²) in [4.78, 5) is 18.0. The minimum atomic E-state index is -3.75. The highest BCUT2D eigenvalue weighted by Crippen LogP contribution is 2.19. The predicted octanol–water partition coefficient (Wildman–Crippen LogP) is 3.11. The van der Waals surface area contributed by atoms with Crippen molar-refractivity contribution in [2.24, 2.45) is 5.10 Å². The Morgan fingerprint density at radius 1 is 1.31 bits per heavy atom. The number of hydrogen-bond acceptors (Lipinski definition) is 7. The fourth-order valence-corrected chi connectivity index (χ4v) is 3.58. The number of ether oxygens (including phenoxy) is 1. The van der Waals surface area contributed by atoms with E-state index in [-0.39, 0.29) is 4.90 Å². The van der Waals surface area contributed by atoms with Crippen LogP contribution in [0, 0.1) is 6.92 Å². The minimum absolute atomic E-state index is 0.156. The first-order chi connectivity index (χ1) is 12.1. The van der Waals surface area contributed by atoms with Crippen LogP contribution in [0.25, 0.3) is 0 Å². The van der Waals surface area contributed by atoms with Crippen LogP contribution in [0.2, 0.25) is 0 Å². The SMILES string of the molecule is Cc1ccccc1S(=O)(=O)NN=Cc1ncc(NC(=O)OC(C)(C)C)s1. The van der Waals surface area contributed by atoms with Gasteiger partial charge in [-0.15, -0.1) is 0 Å². The van der Waals surface area contributed by atoms with Crippen LogP contribution >= 0.6 is 11.3 Å². The molecule has 1 aromatic heterocycles. The van der Waals surface area contributed by atoms with Gasteiger partial charge in [-0.2, -0.15) is 18.4 Å². The second-order valence-electron chi connectivity index (χ2n) is 6.31. The first-order valence-corrected chi connectivity index (χ1v) is 9.93. The van der Waals surface area contributed by atoms with Gasteiger partial charge in [-0.05, 0) is 39.3 Å². The number of aryl methyl sites for hydroxylation is 1. The molecule has 2 aromatic rings. The van der Waals surface area contributed by atoms with Gasteiger partial charge in [0.2, 0.25) is 0 Å². The van der Waals surface area contributed by atoms with Crippen LogP contribution in [0.1, 0.15) is 31.3 Å². The van der Waals surface area contributed by atoms with Gasteiger partial charge in [-0.1, -0.05) is 29.5 Å². The van der Waals surface area contributed by atoms with Crippen molar-refractivity contribution in [1.82, 2.24) is 9.82 Å². The second-order valence-corrected chi connectivity index (χ2v) is 9.00. The van der Waals surface area contributed by atoms with Crippen molar-refractivity contribution in [1.29, 1.82) is 0 Å². The lowest BCUT2D eigenvalue weighted by Crippen LogP contribution is -2.26. The van der Waals surface area contributed by atoms with E-state index in [0.29, 0.717) is 15.6 Å². The highest BCUT2D eigenvalue weighted by Gasteiger charge is 2.17. The van der Waals surface area contributed by atoms with E-state index < -0.39 is 21.7 Å². The van der Waals surface area contributed by atoms with E-state index in [1.54, 1.807) is 45.9 Å². The summed E-state index contributed by atoms with van der Waals surface area (Å²) in [5.74, 6) is 0. The summed E-state index contributed by atoms with van der Waals surface area (Å²) in [7, 11) is -3.75. The van der Waals surface area contributed by atoms with Gasteiger partial charge in [0.1, 0.15) is 15.6 Å². The maximum atomic E-state index is 12.2. The maximum absolute atomic E-state index is 12.2. The number of carbonyl (C=O) groups is 1. The van der Waals surface area contributed by atoms with Crippen LogP contribution in [0.15, 0.2) is 40.5 Å². The molecule has 0 spiro atoms. The number of sulfonamides is 1. The number of thiazole rings is 1. The topological polar surface area (TPSA) is 110 Å². The molecule has 0 fully saturated rings. The summed E-state index contributed by atoms with van der Waals surface area (Å²) in [5.41, 5.74) is 0.0145. The smallest absolute Gasteiger partial charge is 0.412 e. The van der Waals surface area contributed by atoms with Crippen molar-refractivity contribution < 1.29 is 17.9 Å². The molecule has 26 heavy (non-hydrogen) atoms. The lowest BCUT2D eigenvalue weighted by molar-refractivity contribution is 0.0636. The molecule has 140 valence electrons. The largest absolute Gasteiger partial charge is 0.444 e. The third-order valence-electron chi connectivity index (χ3n) is 2.88. The molecule has 0 aliphatic rings. The monoisotopic (exact) mass is 396 g/mol. The predicted molar refractivity (Wildman–Crippen MR) is 101 cm³/mol. The number of hydrogen-bond donors (Lipinski definition) is 2. The Bertz CT molecular complexity index is 914. The van der Waals surface area contributed by atoms with E-state index in [2.05, 4.69) is 20.2 Å². The molecule has 2 N–H and O–H groups in total. The number of benzene rings is 1. The van der Waals surface area contributed by atoms with E-state index in [1.165, 1.54) is 18.5 Å². The fourth-order valence-electron chi connectivity index (χ4n) is 1.87. The third kappa shape index (κ3) is 5.81. The lowest BCUT2D eigenvalue weighted by atomic mass is 10.2. The summed E-state index contributed by atoms with van der Waals surface area (Å²) in [6, 6.07) is 6.60. The van der Waals surface area contributed by atoms with Crippen LogP contribution < -0.4 is 10.1 Å². The number of amides is 1. The first kappa shape index (κ1) is 19.9. The Kier molecular flexibility index (Phi) is 5.98. The molecular formula is C16H20N4O4S2. The molecule has 0 bridgehead atoms. The molecule has 1 heterocycles. The molecule has 0 radical (unpaired) electrons. The van der Waals surface area contributed by atoms with Gasteiger partial charge < -0.3 is 4.74 Å². The summed E-state index contributed by atoms with van der Waals surface area (Å²) >= 11 is 1.13. The molecule has 0 atom stereocenters. The highest BCUT2D eigenvalue weighted by molar-refractivity contribution is 7.89. The van der Waals surface area contributed by atoms with E-state index in [0.717, 1.165) is 11.3 Å². The normalized spacial score (nSPS) is 12.2. The van der Waals surface area contributed by atoms with E-state index >= 15 is 0 Å². The average Bonchev–Trinajstić information content (AvgIpc) is 2.92. The van der Waals surface area contributed by atoms with Crippen molar-refractivity contribution in [2.45, 2.75) is 38.2 Å². The Hall–Kier alpha value is -2.46. The zero-order valence-corrected chi connectivity index (χ0v) is 16.4. The van der Waals surface area contributed by atoms with Gasteiger partial charge >= 0.3 is 6.09 Å². The molecule has 1 amide bonds. The van der Waals surface area contributed by atoms with E-state index in [9.17, 15) is 13.2 Å². The standard InChI is InChI=1S/C16H20N4O4S2/c1-11-7-5-6-8-12(11)26(22,23)20-18-10-13-17-9-14(25-13)19-15(21)24-16(2,3)4/h5-10,20H,1-4H3,(H,19,21). The molecule has 0 aliphatic carbocycles. The third-order valence-corrected chi connectivity index (χ3v) is 5.11. The van der Waals surface area contributed by atoms with Gasteiger partial charge in [-0.25, -0.2) is 9.78 Å². The van der Waals surface area contributed by atoms with Crippen LogP contribution in [0.3, 0.4) is 0 Å². The van der Waals surface area contributed by atoms with Gasteiger partial charge in [0.05, 0.1) is 17.3 Å². The van der Waals surface area contributed by atoms with Gasteiger partial charge in [0, 0.05) is 0 Å². The van der Waals surface area contributed by atoms with Crippen LogP contribution in [0.4, 0.5) is 9.80 Å². The Morgan fingerprint density at radius 2 is 2.00 bits per heavy atom. The molecule has 0 aliphatic heterocycles. The van der Waals surface area contributed by atoms with Crippen LogP contribution in [0.5, 0.6) is 0 Å². The molecule has 0 saturated heterocycles. The van der Waals surface area contributed by atoms with Crippen LogP contribution in [-0.4, -0.2) is 31.3 Å². The first-order valence-electron chi connectivity index (χ1n) is 7.63. The fraction of sp³-hybridized carbons (Fsp3) is 0.312. The number of nitrogens with one attached hydrogen (secondary N) is 2. The summed E-state index contributed by atoms with van der Waals surface area (Å²) in [5, 5.41) is 7.16. The Balaban J connectivity index is 1.99. The van der Waals surface area contributed by atoms with Crippen molar-refractivity contribution in [2.75, 3.05) is 5.32 Å². The zero-order chi connectivity index (χ0) is 19.4. The number of rotatable bonds is 5. The average molecular weight is 396 g/mol. The molecule has 10 heteroatoms. The zero-order valence-electron chi connectivity index (χ0n) is 14.8. The Labute approximate surface area is 156 Å². The van der Waals surface area contributed by atoms with Gasteiger partial charge in [0.25, 0.3) is 10.0 Å². The van der Waals surface area contributed by atoms with Gasteiger partial charge in [0.15, 0.2) is 0 Å². The summed E-state index contributed by atoms with van der Waals surface area (Å²) in [6.07, 6.45) is 2.11. The van der Waals surface area contributed by atoms with Crippen molar-refractivity contribution in [3.63, 3.8) is 0 Å². The van der Waals surface area contributed by atoms with Crippen molar-refractivity contribution in [3.8, 4) is 0 Å². The number of nitrogens with zero attached hydrogens (tertiary/aromatic N) is 2. The summed E-state index contributed by atoms with van der Waals surface area (Å²) in [6.45, 7) is 6.99. The van der Waals surface area contributed by atoms with Gasteiger partial charge in [-0.3, -0.25) is 5.32 Å². The number of aromatic nitrogens is 1. The lowest BCUT2D eigenvalue weighted by Gasteiger charge is -2.19. The number of hydrazone groups is 1. The molecule has 1 aromatic carbocycles. The number of carbonyl (C=O) groups excluding carboxylic acids is 1. The second kappa shape index (κ2) is 7.83. The maximum Gasteiger partial charge on any atom is 0.412 e. The molecule has 0 unspecified atom stereocenters. The van der Waals surface area contributed by atoms with E-state index in [1.807, 2.05) is 0 Å². The molecule has 2 rings (SSSR count). The van der Waals surface area contributed by atoms with Crippen molar-refractivity contribution in [3.05, 3.63) is 41.0 Å². The van der Waals surface area contributed by atoms with E-state index in [4.69, 9.17) is 4.74 Å². The number of anilines is 1. The molecule has 0 saturated carbocycles. The Morgan fingerprint density at radius 3 is 2.65 bits per heavy atom.